The van der Waals surface area contributed by atoms with E-state index in [1.54, 1.807) is 13.1 Å². The fourth-order valence-corrected chi connectivity index (χ4v) is 2.83. The first kappa shape index (κ1) is 23.7. The molecule has 2 N–H and O–H groups in total. The highest BCUT2D eigenvalue weighted by molar-refractivity contribution is 14.0. The zero-order valence-corrected chi connectivity index (χ0v) is 18.6. The van der Waals surface area contributed by atoms with Crippen LogP contribution in [0.4, 0.5) is 0 Å². The Kier molecular flexibility index (Phi) is 12.9. The lowest BCUT2D eigenvalue weighted by Crippen LogP contribution is -2.38. The second kappa shape index (κ2) is 14.7. The van der Waals surface area contributed by atoms with Crippen molar-refractivity contribution in [2.75, 3.05) is 53.0 Å². The lowest BCUT2D eigenvalue weighted by Gasteiger charge is -2.26. The fourth-order valence-electron chi connectivity index (χ4n) is 2.83. The minimum atomic E-state index is 0. The van der Waals surface area contributed by atoms with E-state index in [0.29, 0.717) is 13.2 Å². The molecule has 0 unspecified atom stereocenters. The van der Waals surface area contributed by atoms with Crippen LogP contribution in [0.15, 0.2) is 41.9 Å². The van der Waals surface area contributed by atoms with Gasteiger partial charge in [-0.2, -0.15) is 0 Å². The first-order chi connectivity index (χ1) is 12.8. The molecule has 0 bridgehead atoms. The molecule has 0 atom stereocenters. The number of nitrogens with zero attached hydrogens (tertiary/aromatic N) is 2. The van der Waals surface area contributed by atoms with Crippen molar-refractivity contribution in [1.29, 1.82) is 0 Å². The summed E-state index contributed by atoms with van der Waals surface area (Å²) in [6.07, 6.45) is 4.06. The molecule has 0 amide bonds. The highest BCUT2D eigenvalue weighted by Crippen LogP contribution is 2.17. The highest BCUT2D eigenvalue weighted by atomic mass is 127. The van der Waals surface area contributed by atoms with E-state index in [0.717, 1.165) is 63.1 Å². The SMILES string of the molecule is C=CCOc1ccccc1CNC(=NC)NCCCCN1CCOCC1.I. The number of guanidine groups is 1. The summed E-state index contributed by atoms with van der Waals surface area (Å²) >= 11 is 0. The Hall–Kier alpha value is -1.32. The van der Waals surface area contributed by atoms with Gasteiger partial charge in [0.05, 0.1) is 13.2 Å². The van der Waals surface area contributed by atoms with Gasteiger partial charge in [0.1, 0.15) is 12.4 Å². The van der Waals surface area contributed by atoms with Crippen LogP contribution in [-0.4, -0.2) is 63.9 Å². The van der Waals surface area contributed by atoms with E-state index in [-0.39, 0.29) is 24.0 Å². The van der Waals surface area contributed by atoms with Crippen LogP contribution >= 0.6 is 24.0 Å². The average Bonchev–Trinajstić information content (AvgIpc) is 2.70. The predicted molar refractivity (Wildman–Crippen MR) is 122 cm³/mol. The van der Waals surface area contributed by atoms with E-state index < -0.39 is 0 Å². The molecular weight excluding hydrogens is 455 g/mol. The van der Waals surface area contributed by atoms with E-state index in [1.165, 1.54) is 6.42 Å². The summed E-state index contributed by atoms with van der Waals surface area (Å²) in [4.78, 5) is 6.76. The molecule has 1 aromatic carbocycles. The molecule has 1 aliphatic rings. The lowest BCUT2D eigenvalue weighted by atomic mass is 10.2. The molecule has 0 radical (unpaired) electrons. The van der Waals surface area contributed by atoms with Crippen LogP contribution in [0, 0.1) is 0 Å². The van der Waals surface area contributed by atoms with Gasteiger partial charge in [-0.15, -0.1) is 24.0 Å². The Bertz CT molecular complexity index is 563. The smallest absolute Gasteiger partial charge is 0.191 e. The lowest BCUT2D eigenvalue weighted by molar-refractivity contribution is 0.0372. The average molecular weight is 488 g/mol. The monoisotopic (exact) mass is 488 g/mol. The molecule has 1 saturated heterocycles. The number of nitrogens with one attached hydrogen (secondary N) is 2. The van der Waals surface area contributed by atoms with Gasteiger partial charge in [-0.05, 0) is 25.5 Å². The Balaban J connectivity index is 0.00000364. The zero-order chi connectivity index (χ0) is 18.5. The first-order valence-electron chi connectivity index (χ1n) is 9.39. The number of unbranched alkanes of at least 4 members (excludes halogenated alkanes) is 1. The van der Waals surface area contributed by atoms with E-state index >= 15 is 0 Å². The summed E-state index contributed by atoms with van der Waals surface area (Å²) in [7, 11) is 1.79. The highest BCUT2D eigenvalue weighted by Gasteiger charge is 2.09. The van der Waals surface area contributed by atoms with Crippen LogP contribution in [0.3, 0.4) is 0 Å². The number of halogens is 1. The summed E-state index contributed by atoms with van der Waals surface area (Å²) in [6, 6.07) is 8.02. The van der Waals surface area contributed by atoms with Crippen molar-refractivity contribution < 1.29 is 9.47 Å². The van der Waals surface area contributed by atoms with E-state index in [9.17, 15) is 0 Å². The van der Waals surface area contributed by atoms with Gasteiger partial charge in [0.25, 0.3) is 0 Å². The summed E-state index contributed by atoms with van der Waals surface area (Å²) < 4.78 is 11.1. The maximum absolute atomic E-state index is 5.69. The Morgan fingerprint density at radius 2 is 2.04 bits per heavy atom. The summed E-state index contributed by atoms with van der Waals surface area (Å²) in [5.74, 6) is 1.69. The van der Waals surface area contributed by atoms with Crippen molar-refractivity contribution in [2.45, 2.75) is 19.4 Å². The molecule has 1 aliphatic heterocycles. The van der Waals surface area contributed by atoms with Crippen LogP contribution in [0.5, 0.6) is 5.75 Å². The van der Waals surface area contributed by atoms with Crippen LogP contribution in [-0.2, 0) is 11.3 Å². The second-order valence-electron chi connectivity index (χ2n) is 6.22. The van der Waals surface area contributed by atoms with Gasteiger partial charge >= 0.3 is 0 Å². The Morgan fingerprint density at radius 1 is 1.26 bits per heavy atom. The maximum Gasteiger partial charge on any atom is 0.191 e. The first-order valence-corrected chi connectivity index (χ1v) is 9.39. The molecule has 27 heavy (non-hydrogen) atoms. The third kappa shape index (κ3) is 9.44. The van der Waals surface area contributed by atoms with E-state index in [2.05, 4.69) is 33.2 Å². The maximum atomic E-state index is 5.69. The topological polar surface area (TPSA) is 58.1 Å². The second-order valence-corrected chi connectivity index (χ2v) is 6.22. The largest absolute Gasteiger partial charge is 0.489 e. The van der Waals surface area contributed by atoms with Crippen molar-refractivity contribution in [2.24, 2.45) is 4.99 Å². The number of aliphatic imine (C=N–C) groups is 1. The number of hydrogen-bond donors (Lipinski definition) is 2. The zero-order valence-electron chi connectivity index (χ0n) is 16.3. The Labute approximate surface area is 180 Å². The summed E-state index contributed by atoms with van der Waals surface area (Å²) in [5, 5.41) is 6.73. The van der Waals surface area contributed by atoms with E-state index in [4.69, 9.17) is 9.47 Å². The third-order valence-electron chi connectivity index (χ3n) is 4.30. The van der Waals surface area contributed by atoms with Gasteiger partial charge in [-0.1, -0.05) is 30.9 Å². The molecule has 7 heteroatoms. The molecule has 1 aromatic rings. The van der Waals surface area contributed by atoms with Gasteiger partial charge in [-0.3, -0.25) is 9.89 Å². The number of benzene rings is 1. The van der Waals surface area contributed by atoms with Crippen molar-refractivity contribution >= 4 is 29.9 Å². The van der Waals surface area contributed by atoms with Crippen LogP contribution in [0.25, 0.3) is 0 Å². The number of ether oxygens (including phenoxy) is 2. The summed E-state index contributed by atoms with van der Waals surface area (Å²) in [6.45, 7) is 10.8. The minimum absolute atomic E-state index is 0. The van der Waals surface area contributed by atoms with Gasteiger partial charge in [0.15, 0.2) is 5.96 Å². The number of morpholine rings is 1. The van der Waals surface area contributed by atoms with Crippen molar-refractivity contribution in [3.8, 4) is 5.75 Å². The number of hydrogen-bond acceptors (Lipinski definition) is 4. The third-order valence-corrected chi connectivity index (χ3v) is 4.30. The van der Waals surface area contributed by atoms with Gasteiger partial charge in [-0.25, -0.2) is 0 Å². The molecular formula is C20H33IN4O2. The molecule has 1 fully saturated rings. The van der Waals surface area contributed by atoms with Crippen molar-refractivity contribution in [1.82, 2.24) is 15.5 Å². The molecule has 0 saturated carbocycles. The molecule has 6 nitrogen and oxygen atoms in total. The molecule has 0 spiro atoms. The predicted octanol–water partition coefficient (Wildman–Crippen LogP) is 2.65. The standard InChI is InChI=1S/C20H32N4O2.HI/c1-3-14-26-19-9-5-4-8-18(19)17-23-20(21-2)22-10-6-7-11-24-12-15-25-16-13-24;/h3-5,8-9H,1,6-7,10-17H2,2H3,(H2,21,22,23);1H. The minimum Gasteiger partial charge on any atom is -0.489 e. The van der Waals surface area contributed by atoms with E-state index in [1.807, 2.05) is 18.2 Å². The van der Waals surface area contributed by atoms with Crippen LogP contribution < -0.4 is 15.4 Å². The Morgan fingerprint density at radius 3 is 2.78 bits per heavy atom. The van der Waals surface area contributed by atoms with Gasteiger partial charge in [0, 0.05) is 38.8 Å². The molecule has 2 rings (SSSR count). The number of para-hydroxylation sites is 1. The molecule has 0 aliphatic carbocycles. The van der Waals surface area contributed by atoms with Crippen molar-refractivity contribution in [3.63, 3.8) is 0 Å². The van der Waals surface area contributed by atoms with Crippen LogP contribution in [0.1, 0.15) is 18.4 Å². The molecule has 0 aromatic heterocycles. The van der Waals surface area contributed by atoms with Crippen LogP contribution in [0.2, 0.25) is 0 Å². The normalized spacial score (nSPS) is 14.9. The molecule has 152 valence electrons. The summed E-state index contributed by atoms with van der Waals surface area (Å²) in [5.41, 5.74) is 1.10. The van der Waals surface area contributed by atoms with Crippen molar-refractivity contribution in [3.05, 3.63) is 42.5 Å². The molecule has 1 heterocycles. The number of rotatable bonds is 10. The van der Waals surface area contributed by atoms with Gasteiger partial charge in [0.2, 0.25) is 0 Å². The van der Waals surface area contributed by atoms with Gasteiger partial charge < -0.3 is 20.1 Å². The quantitative estimate of drug-likeness (QED) is 0.174. The fraction of sp³-hybridized carbons (Fsp3) is 0.550.